The van der Waals surface area contributed by atoms with Gasteiger partial charge in [0.25, 0.3) is 0 Å². The standard InChI is InChI=1S/C6H3Cl3.Na.H/c7-4-1-2-5(8)6(9)3-4;;/h1-3H;;. The summed E-state index contributed by atoms with van der Waals surface area (Å²) in [7, 11) is 0. The second-order valence-electron chi connectivity index (χ2n) is 1.56. The molecule has 0 aliphatic rings. The molecular formula is C6H4Cl3Na. The van der Waals surface area contributed by atoms with Crippen molar-refractivity contribution < 1.29 is 0 Å². The van der Waals surface area contributed by atoms with Crippen LogP contribution in [-0.2, 0) is 0 Å². The predicted molar refractivity (Wildman–Crippen MR) is 48.6 cm³/mol. The average Bonchev–Trinajstić information content (AvgIpc) is 1.80. The van der Waals surface area contributed by atoms with Crippen LogP contribution in [0.5, 0.6) is 0 Å². The van der Waals surface area contributed by atoms with Crippen molar-refractivity contribution in [3.63, 3.8) is 0 Å². The molecule has 0 saturated heterocycles. The van der Waals surface area contributed by atoms with Crippen LogP contribution in [-0.4, -0.2) is 29.6 Å². The summed E-state index contributed by atoms with van der Waals surface area (Å²) >= 11 is 16.8. The zero-order valence-electron chi connectivity index (χ0n) is 4.37. The first-order valence-corrected chi connectivity index (χ1v) is 3.44. The molecule has 0 saturated carbocycles. The van der Waals surface area contributed by atoms with E-state index in [4.69, 9.17) is 34.8 Å². The maximum absolute atomic E-state index is 5.60. The molecule has 50 valence electrons. The van der Waals surface area contributed by atoms with Crippen molar-refractivity contribution in [2.24, 2.45) is 0 Å². The van der Waals surface area contributed by atoms with Gasteiger partial charge < -0.3 is 0 Å². The van der Waals surface area contributed by atoms with E-state index in [1.807, 2.05) is 0 Å². The van der Waals surface area contributed by atoms with Gasteiger partial charge in [-0.2, -0.15) is 0 Å². The van der Waals surface area contributed by atoms with E-state index in [-0.39, 0.29) is 29.6 Å². The molecule has 0 aliphatic carbocycles. The topological polar surface area (TPSA) is 0 Å². The molecule has 0 aliphatic heterocycles. The van der Waals surface area contributed by atoms with Crippen molar-refractivity contribution >= 4 is 64.4 Å². The molecule has 10 heavy (non-hydrogen) atoms. The van der Waals surface area contributed by atoms with E-state index in [2.05, 4.69) is 0 Å². The Labute approximate surface area is 96.8 Å². The quantitative estimate of drug-likeness (QED) is 0.451. The van der Waals surface area contributed by atoms with Gasteiger partial charge in [-0.3, -0.25) is 0 Å². The molecule has 0 nitrogen and oxygen atoms in total. The van der Waals surface area contributed by atoms with Gasteiger partial charge in [-0.1, -0.05) is 34.8 Å². The Bertz CT molecular complexity index is 224. The van der Waals surface area contributed by atoms with Crippen LogP contribution in [0.25, 0.3) is 0 Å². The van der Waals surface area contributed by atoms with E-state index >= 15 is 0 Å². The van der Waals surface area contributed by atoms with Crippen LogP contribution in [0.15, 0.2) is 18.2 Å². The van der Waals surface area contributed by atoms with Crippen LogP contribution in [0.1, 0.15) is 0 Å². The van der Waals surface area contributed by atoms with E-state index in [1.54, 1.807) is 18.2 Å². The summed E-state index contributed by atoms with van der Waals surface area (Å²) in [4.78, 5) is 0. The van der Waals surface area contributed by atoms with Crippen LogP contribution < -0.4 is 0 Å². The zero-order valence-corrected chi connectivity index (χ0v) is 6.63. The van der Waals surface area contributed by atoms with E-state index < -0.39 is 0 Å². The Morgan fingerprint density at radius 3 is 1.90 bits per heavy atom. The first-order valence-electron chi connectivity index (χ1n) is 2.30. The van der Waals surface area contributed by atoms with E-state index in [1.165, 1.54) is 0 Å². The fourth-order valence-electron chi connectivity index (χ4n) is 0.470. The first kappa shape index (κ1) is 11.1. The molecular weight excluding hydrogens is 201 g/mol. The molecule has 1 aromatic carbocycles. The molecule has 0 fully saturated rings. The average molecular weight is 205 g/mol. The Morgan fingerprint density at radius 2 is 1.50 bits per heavy atom. The van der Waals surface area contributed by atoms with Gasteiger partial charge in [0.1, 0.15) is 0 Å². The predicted octanol–water partition coefficient (Wildman–Crippen LogP) is 3.00. The van der Waals surface area contributed by atoms with Crippen molar-refractivity contribution in [2.45, 2.75) is 0 Å². The Morgan fingerprint density at radius 1 is 0.900 bits per heavy atom. The third kappa shape index (κ3) is 3.00. The fourth-order valence-corrected chi connectivity index (χ4v) is 0.997. The fraction of sp³-hybridized carbons (Fsp3) is 0. The van der Waals surface area contributed by atoms with Crippen LogP contribution >= 0.6 is 34.8 Å². The second-order valence-corrected chi connectivity index (χ2v) is 2.81. The van der Waals surface area contributed by atoms with E-state index in [0.29, 0.717) is 15.1 Å². The third-order valence-corrected chi connectivity index (χ3v) is 1.86. The Hall–Kier alpha value is 1.09. The molecule has 0 radical (unpaired) electrons. The molecule has 1 aromatic rings. The van der Waals surface area contributed by atoms with Crippen LogP contribution in [0.3, 0.4) is 0 Å². The minimum atomic E-state index is 0. The SMILES string of the molecule is Clc1ccc(Cl)c(Cl)c1.[NaH]. The molecule has 1 rings (SSSR count). The molecule has 0 atom stereocenters. The number of rotatable bonds is 0. The van der Waals surface area contributed by atoms with Crippen molar-refractivity contribution in [1.29, 1.82) is 0 Å². The second kappa shape index (κ2) is 4.87. The molecule has 0 N–H and O–H groups in total. The molecule has 0 heterocycles. The van der Waals surface area contributed by atoms with Gasteiger partial charge in [0, 0.05) is 5.02 Å². The van der Waals surface area contributed by atoms with Gasteiger partial charge in [-0.05, 0) is 18.2 Å². The van der Waals surface area contributed by atoms with E-state index in [0.717, 1.165) is 0 Å². The number of halogens is 3. The van der Waals surface area contributed by atoms with Crippen molar-refractivity contribution in [3.8, 4) is 0 Å². The maximum atomic E-state index is 5.60. The van der Waals surface area contributed by atoms with Gasteiger partial charge in [0.05, 0.1) is 10.0 Å². The third-order valence-electron chi connectivity index (χ3n) is 0.882. The van der Waals surface area contributed by atoms with Crippen LogP contribution in [0.4, 0.5) is 0 Å². The summed E-state index contributed by atoms with van der Waals surface area (Å²) in [5.41, 5.74) is 0. The summed E-state index contributed by atoms with van der Waals surface area (Å²) in [6.45, 7) is 0. The molecule has 4 heteroatoms. The van der Waals surface area contributed by atoms with Gasteiger partial charge in [0.15, 0.2) is 0 Å². The van der Waals surface area contributed by atoms with Gasteiger partial charge in [-0.25, -0.2) is 0 Å². The first-order chi connectivity index (χ1) is 4.20. The number of benzene rings is 1. The van der Waals surface area contributed by atoms with Crippen molar-refractivity contribution in [3.05, 3.63) is 33.3 Å². The summed E-state index contributed by atoms with van der Waals surface area (Å²) < 4.78 is 0. The Kier molecular flexibility index (Phi) is 5.40. The molecule has 0 unspecified atom stereocenters. The van der Waals surface area contributed by atoms with Crippen LogP contribution in [0, 0.1) is 0 Å². The number of hydrogen-bond donors (Lipinski definition) is 0. The summed E-state index contributed by atoms with van der Waals surface area (Å²) in [6.07, 6.45) is 0. The molecule has 0 aromatic heterocycles. The molecule has 0 bridgehead atoms. The summed E-state index contributed by atoms with van der Waals surface area (Å²) in [6, 6.07) is 4.95. The Balaban J connectivity index is 0.000000810. The van der Waals surface area contributed by atoms with Gasteiger partial charge in [-0.15, -0.1) is 0 Å². The number of hydrogen-bond acceptors (Lipinski definition) is 0. The molecule has 0 amide bonds. The van der Waals surface area contributed by atoms with Crippen molar-refractivity contribution in [1.82, 2.24) is 0 Å². The minimum absolute atomic E-state index is 0. The van der Waals surface area contributed by atoms with Crippen LogP contribution in [0.2, 0.25) is 15.1 Å². The zero-order chi connectivity index (χ0) is 6.85. The normalized spacial score (nSPS) is 8.70. The molecule has 0 spiro atoms. The van der Waals surface area contributed by atoms with Gasteiger partial charge in [0.2, 0.25) is 0 Å². The summed E-state index contributed by atoms with van der Waals surface area (Å²) in [5.74, 6) is 0. The van der Waals surface area contributed by atoms with E-state index in [9.17, 15) is 0 Å². The van der Waals surface area contributed by atoms with Gasteiger partial charge >= 0.3 is 29.6 Å². The van der Waals surface area contributed by atoms with Crippen molar-refractivity contribution in [2.75, 3.05) is 0 Å². The monoisotopic (exact) mass is 204 g/mol. The summed E-state index contributed by atoms with van der Waals surface area (Å²) in [5, 5.41) is 1.62.